The van der Waals surface area contributed by atoms with E-state index in [1.54, 1.807) is 24.3 Å². The predicted octanol–water partition coefficient (Wildman–Crippen LogP) is 3.50. The molecule has 1 aliphatic heterocycles. The van der Waals surface area contributed by atoms with E-state index < -0.39 is 9.84 Å². The maximum Gasteiger partial charge on any atom is 0.191 e. The SMILES string of the molecule is O=C1/C(=C\c2ccc(Br)cc2)CS(=O)(=O)c2ccccc21. The molecule has 1 heterocycles. The summed E-state index contributed by atoms with van der Waals surface area (Å²) in [6.07, 6.45) is 1.64. The molecule has 5 heteroatoms. The van der Waals surface area contributed by atoms with Crippen LogP contribution in [0, 0.1) is 0 Å². The Morgan fingerprint density at radius 3 is 2.38 bits per heavy atom. The van der Waals surface area contributed by atoms with Crippen LogP contribution < -0.4 is 0 Å². The van der Waals surface area contributed by atoms with Crippen molar-refractivity contribution >= 4 is 37.6 Å². The van der Waals surface area contributed by atoms with E-state index in [0.717, 1.165) is 10.0 Å². The number of ketones is 1. The maximum absolute atomic E-state index is 12.4. The van der Waals surface area contributed by atoms with Gasteiger partial charge in [-0.05, 0) is 35.9 Å². The fourth-order valence-electron chi connectivity index (χ4n) is 2.31. The van der Waals surface area contributed by atoms with E-state index >= 15 is 0 Å². The Labute approximate surface area is 131 Å². The van der Waals surface area contributed by atoms with Crippen molar-refractivity contribution in [2.45, 2.75) is 4.90 Å². The number of hydrogen-bond acceptors (Lipinski definition) is 3. The van der Waals surface area contributed by atoms with Gasteiger partial charge < -0.3 is 0 Å². The molecule has 0 saturated carbocycles. The first kappa shape index (κ1) is 14.2. The molecule has 0 amide bonds. The maximum atomic E-state index is 12.4. The Hall–Kier alpha value is -1.72. The summed E-state index contributed by atoms with van der Waals surface area (Å²) in [6.45, 7) is 0. The number of benzene rings is 2. The number of sulfone groups is 1. The summed E-state index contributed by atoms with van der Waals surface area (Å²) in [4.78, 5) is 12.6. The molecule has 0 bridgehead atoms. The van der Waals surface area contributed by atoms with Gasteiger partial charge >= 0.3 is 0 Å². The number of fused-ring (bicyclic) bond motifs is 1. The van der Waals surface area contributed by atoms with Crippen molar-refractivity contribution in [2.75, 3.05) is 5.75 Å². The molecule has 0 atom stereocenters. The minimum absolute atomic E-state index is 0.128. The lowest BCUT2D eigenvalue weighted by atomic mass is 10.0. The highest BCUT2D eigenvalue weighted by atomic mass is 79.9. The van der Waals surface area contributed by atoms with E-state index in [0.29, 0.717) is 5.57 Å². The third kappa shape index (κ3) is 2.71. The van der Waals surface area contributed by atoms with Crippen molar-refractivity contribution in [3.05, 3.63) is 69.7 Å². The standard InChI is InChI=1S/C16H11BrO3S/c17-13-7-5-11(6-8-13)9-12-10-21(19,20)15-4-2-1-3-14(15)16(12)18/h1-9H,10H2/b12-9-. The van der Waals surface area contributed by atoms with E-state index in [2.05, 4.69) is 15.9 Å². The van der Waals surface area contributed by atoms with Crippen LogP contribution in [0.5, 0.6) is 0 Å². The first-order valence-electron chi connectivity index (χ1n) is 6.30. The quantitative estimate of drug-likeness (QED) is 0.729. The highest BCUT2D eigenvalue weighted by molar-refractivity contribution is 9.10. The fraction of sp³-hybridized carbons (Fsp3) is 0.0625. The molecule has 2 aromatic carbocycles. The van der Waals surface area contributed by atoms with Gasteiger partial charge in [0.05, 0.1) is 10.6 Å². The van der Waals surface area contributed by atoms with Gasteiger partial charge in [-0.1, -0.05) is 40.2 Å². The van der Waals surface area contributed by atoms with Gasteiger partial charge in [0.1, 0.15) is 0 Å². The molecule has 21 heavy (non-hydrogen) atoms. The van der Waals surface area contributed by atoms with Crippen molar-refractivity contribution in [1.29, 1.82) is 0 Å². The van der Waals surface area contributed by atoms with Crippen LogP contribution in [0.25, 0.3) is 6.08 Å². The van der Waals surface area contributed by atoms with Crippen molar-refractivity contribution in [3.63, 3.8) is 0 Å². The summed E-state index contributed by atoms with van der Waals surface area (Å²) in [6, 6.07) is 13.7. The molecule has 0 fully saturated rings. The minimum Gasteiger partial charge on any atom is -0.289 e. The van der Waals surface area contributed by atoms with Crippen molar-refractivity contribution in [3.8, 4) is 0 Å². The second kappa shape index (κ2) is 5.24. The summed E-state index contributed by atoms with van der Waals surface area (Å²) in [5.41, 5.74) is 1.36. The van der Waals surface area contributed by atoms with Crippen LogP contribution in [0.4, 0.5) is 0 Å². The predicted molar refractivity (Wildman–Crippen MR) is 84.9 cm³/mol. The highest BCUT2D eigenvalue weighted by Crippen LogP contribution is 2.28. The molecule has 0 saturated heterocycles. The normalized spacial score (nSPS) is 18.5. The molecule has 0 unspecified atom stereocenters. The monoisotopic (exact) mass is 362 g/mol. The average molecular weight is 363 g/mol. The smallest absolute Gasteiger partial charge is 0.191 e. The summed E-state index contributed by atoms with van der Waals surface area (Å²) in [5, 5.41) is 0. The Morgan fingerprint density at radius 1 is 1.00 bits per heavy atom. The summed E-state index contributed by atoms with van der Waals surface area (Å²) in [5.74, 6) is -0.470. The van der Waals surface area contributed by atoms with Crippen LogP contribution in [0.15, 0.2) is 63.5 Å². The Bertz CT molecular complexity index is 849. The van der Waals surface area contributed by atoms with Crippen LogP contribution in [0.1, 0.15) is 15.9 Å². The molecule has 0 spiro atoms. The molecule has 0 N–H and O–H groups in total. The molecule has 1 aliphatic rings. The van der Waals surface area contributed by atoms with Gasteiger partial charge in [0, 0.05) is 15.6 Å². The van der Waals surface area contributed by atoms with Gasteiger partial charge in [-0.15, -0.1) is 0 Å². The summed E-state index contributed by atoms with van der Waals surface area (Å²) < 4.78 is 25.5. The lowest BCUT2D eigenvalue weighted by Gasteiger charge is -2.17. The number of hydrogen-bond donors (Lipinski definition) is 0. The van der Waals surface area contributed by atoms with Gasteiger partial charge in [-0.2, -0.15) is 0 Å². The largest absolute Gasteiger partial charge is 0.289 e. The van der Waals surface area contributed by atoms with Crippen LogP contribution in [0.3, 0.4) is 0 Å². The lowest BCUT2D eigenvalue weighted by molar-refractivity contribution is 0.103. The Kier molecular flexibility index (Phi) is 3.55. The van der Waals surface area contributed by atoms with E-state index in [4.69, 9.17) is 0 Å². The number of halogens is 1. The number of rotatable bonds is 1. The zero-order chi connectivity index (χ0) is 15.0. The molecular formula is C16H11BrO3S. The van der Waals surface area contributed by atoms with Crippen molar-refractivity contribution in [1.82, 2.24) is 0 Å². The Morgan fingerprint density at radius 2 is 1.67 bits per heavy atom. The average Bonchev–Trinajstić information content (AvgIpc) is 2.47. The zero-order valence-corrected chi connectivity index (χ0v) is 13.3. The zero-order valence-electron chi connectivity index (χ0n) is 10.9. The van der Waals surface area contributed by atoms with Crippen molar-refractivity contribution < 1.29 is 13.2 Å². The fourth-order valence-corrected chi connectivity index (χ4v) is 4.14. The second-order valence-electron chi connectivity index (χ2n) is 4.81. The molecule has 3 rings (SSSR count). The van der Waals surface area contributed by atoms with Gasteiger partial charge in [-0.3, -0.25) is 4.79 Å². The van der Waals surface area contributed by atoms with Gasteiger partial charge in [0.2, 0.25) is 0 Å². The second-order valence-corrected chi connectivity index (χ2v) is 7.68. The molecule has 106 valence electrons. The van der Waals surface area contributed by atoms with E-state index in [1.807, 2.05) is 24.3 Å². The van der Waals surface area contributed by atoms with Crippen LogP contribution in [-0.2, 0) is 9.84 Å². The number of carbonyl (C=O) groups excluding carboxylic acids is 1. The van der Waals surface area contributed by atoms with Gasteiger partial charge in [0.15, 0.2) is 15.6 Å². The van der Waals surface area contributed by atoms with Crippen molar-refractivity contribution in [2.24, 2.45) is 0 Å². The van der Waals surface area contributed by atoms with Crippen LogP contribution in [0.2, 0.25) is 0 Å². The molecule has 0 aliphatic carbocycles. The Balaban J connectivity index is 2.11. The van der Waals surface area contributed by atoms with Gasteiger partial charge in [0.25, 0.3) is 0 Å². The third-order valence-electron chi connectivity index (χ3n) is 3.31. The van der Waals surface area contributed by atoms with E-state index in [9.17, 15) is 13.2 Å². The summed E-state index contributed by atoms with van der Waals surface area (Å²) in [7, 11) is -3.45. The van der Waals surface area contributed by atoms with Gasteiger partial charge in [-0.25, -0.2) is 8.42 Å². The first-order valence-corrected chi connectivity index (χ1v) is 8.74. The number of Topliss-reactive ketones (excluding diaryl/α,β-unsaturated/α-hetero) is 1. The summed E-state index contributed by atoms with van der Waals surface area (Å²) >= 11 is 3.34. The molecule has 0 radical (unpaired) electrons. The van der Waals surface area contributed by atoms with E-state index in [-0.39, 0.29) is 22.0 Å². The topological polar surface area (TPSA) is 51.2 Å². The minimum atomic E-state index is -3.45. The lowest BCUT2D eigenvalue weighted by Crippen LogP contribution is -2.24. The first-order chi connectivity index (χ1) is 9.97. The van der Waals surface area contributed by atoms with Crippen LogP contribution in [-0.4, -0.2) is 20.0 Å². The third-order valence-corrected chi connectivity index (χ3v) is 5.56. The van der Waals surface area contributed by atoms with E-state index in [1.165, 1.54) is 6.07 Å². The molecule has 2 aromatic rings. The number of carbonyl (C=O) groups is 1. The highest BCUT2D eigenvalue weighted by Gasteiger charge is 2.32. The molecule has 0 aromatic heterocycles. The van der Waals surface area contributed by atoms with Crippen LogP contribution >= 0.6 is 15.9 Å². The molecular weight excluding hydrogens is 352 g/mol. The molecule has 3 nitrogen and oxygen atoms in total.